The van der Waals surface area contributed by atoms with Gasteiger partial charge in [0.15, 0.2) is 0 Å². The topological polar surface area (TPSA) is 75.4 Å². The van der Waals surface area contributed by atoms with Crippen LogP contribution in [0, 0.1) is 5.92 Å². The molecular formula is C14H22ClN3O2. The third kappa shape index (κ3) is 5.19. The summed E-state index contributed by atoms with van der Waals surface area (Å²) in [5.74, 6) is 0.0198. The molecular weight excluding hydrogens is 278 g/mol. The first-order chi connectivity index (χ1) is 8.95. The number of halogens is 1. The lowest BCUT2D eigenvalue weighted by Crippen LogP contribution is -2.31. The smallest absolute Gasteiger partial charge is 0.253 e. The van der Waals surface area contributed by atoms with Gasteiger partial charge in [-0.2, -0.15) is 0 Å². The third-order valence-corrected chi connectivity index (χ3v) is 2.81. The molecule has 0 aliphatic rings. The summed E-state index contributed by atoms with van der Waals surface area (Å²) in [6.45, 7) is 3.06. The molecule has 0 fully saturated rings. The third-order valence-electron chi connectivity index (χ3n) is 2.81. The predicted molar refractivity (Wildman–Crippen MR) is 82.3 cm³/mol. The van der Waals surface area contributed by atoms with E-state index < -0.39 is 0 Å². The van der Waals surface area contributed by atoms with Gasteiger partial charge in [-0.3, -0.25) is 9.59 Å². The van der Waals surface area contributed by atoms with E-state index in [0.29, 0.717) is 24.2 Å². The molecule has 0 aliphatic carbocycles. The Labute approximate surface area is 125 Å². The fourth-order valence-electron chi connectivity index (χ4n) is 1.47. The Hall–Kier alpha value is -1.59. The molecule has 5 nitrogen and oxygen atoms in total. The maximum absolute atomic E-state index is 11.8. The molecule has 0 aliphatic heterocycles. The monoisotopic (exact) mass is 299 g/mol. The van der Waals surface area contributed by atoms with Crippen molar-refractivity contribution in [2.45, 2.75) is 6.92 Å². The lowest BCUT2D eigenvalue weighted by molar-refractivity contribution is 0.0826. The van der Waals surface area contributed by atoms with Crippen LogP contribution in [-0.4, -0.2) is 43.9 Å². The number of amides is 2. The van der Waals surface area contributed by atoms with E-state index in [1.807, 2.05) is 6.92 Å². The Morgan fingerprint density at radius 3 is 2.15 bits per heavy atom. The van der Waals surface area contributed by atoms with Crippen molar-refractivity contribution in [2.24, 2.45) is 11.7 Å². The highest BCUT2D eigenvalue weighted by molar-refractivity contribution is 5.97. The molecule has 3 N–H and O–H groups in total. The molecule has 1 aromatic rings. The Morgan fingerprint density at radius 1 is 1.20 bits per heavy atom. The average Bonchev–Trinajstić information content (AvgIpc) is 2.43. The molecule has 1 atom stereocenters. The molecule has 6 heteroatoms. The second-order valence-electron chi connectivity index (χ2n) is 4.83. The van der Waals surface area contributed by atoms with Gasteiger partial charge in [-0.05, 0) is 36.7 Å². The van der Waals surface area contributed by atoms with Crippen molar-refractivity contribution < 1.29 is 9.59 Å². The van der Waals surface area contributed by atoms with Crippen molar-refractivity contribution in [2.75, 3.05) is 27.2 Å². The summed E-state index contributed by atoms with van der Waals surface area (Å²) in [6.07, 6.45) is 0. The molecule has 1 unspecified atom stereocenters. The molecule has 112 valence electrons. The van der Waals surface area contributed by atoms with Gasteiger partial charge in [0.2, 0.25) is 0 Å². The van der Waals surface area contributed by atoms with Crippen molar-refractivity contribution in [3.63, 3.8) is 0 Å². The number of hydrogen-bond acceptors (Lipinski definition) is 3. The van der Waals surface area contributed by atoms with E-state index in [0.717, 1.165) is 0 Å². The highest BCUT2D eigenvalue weighted by atomic mass is 35.5. The molecule has 20 heavy (non-hydrogen) atoms. The van der Waals surface area contributed by atoms with E-state index in [2.05, 4.69) is 5.32 Å². The SMILES string of the molecule is CC(CN)CNC(=O)c1ccc(C(=O)N(C)C)cc1.Cl. The van der Waals surface area contributed by atoms with Crippen molar-refractivity contribution in [1.82, 2.24) is 10.2 Å². The lowest BCUT2D eigenvalue weighted by Gasteiger charge is -2.12. The summed E-state index contributed by atoms with van der Waals surface area (Å²) in [4.78, 5) is 25.0. The van der Waals surface area contributed by atoms with E-state index in [9.17, 15) is 9.59 Å². The summed E-state index contributed by atoms with van der Waals surface area (Å²) in [5.41, 5.74) is 6.59. The van der Waals surface area contributed by atoms with E-state index in [1.165, 1.54) is 4.90 Å². The second kappa shape index (κ2) is 8.55. The summed E-state index contributed by atoms with van der Waals surface area (Å²) >= 11 is 0. The molecule has 0 spiro atoms. The standard InChI is InChI=1S/C14H21N3O2.ClH/c1-10(8-15)9-16-13(18)11-4-6-12(7-5-11)14(19)17(2)3;/h4-7,10H,8-9,15H2,1-3H3,(H,16,18);1H. The van der Waals surface area contributed by atoms with Crippen molar-refractivity contribution in [1.29, 1.82) is 0 Å². The van der Waals surface area contributed by atoms with Gasteiger partial charge in [0, 0.05) is 31.8 Å². The number of nitrogens with two attached hydrogens (primary N) is 1. The van der Waals surface area contributed by atoms with Gasteiger partial charge in [0.25, 0.3) is 11.8 Å². The van der Waals surface area contributed by atoms with Crippen LogP contribution in [0.1, 0.15) is 27.6 Å². The number of rotatable bonds is 5. The summed E-state index contributed by atoms with van der Waals surface area (Å²) in [6, 6.07) is 6.62. The van der Waals surface area contributed by atoms with Crippen molar-refractivity contribution >= 4 is 24.2 Å². The molecule has 1 aromatic carbocycles. The van der Waals surface area contributed by atoms with Gasteiger partial charge in [-0.25, -0.2) is 0 Å². The summed E-state index contributed by atoms with van der Waals surface area (Å²) in [7, 11) is 3.38. The van der Waals surface area contributed by atoms with Crippen molar-refractivity contribution in [3.05, 3.63) is 35.4 Å². The zero-order valence-corrected chi connectivity index (χ0v) is 12.9. The van der Waals surface area contributed by atoms with Crippen LogP contribution < -0.4 is 11.1 Å². The largest absolute Gasteiger partial charge is 0.352 e. The molecule has 2 amide bonds. The minimum atomic E-state index is -0.149. The molecule has 0 heterocycles. The first-order valence-corrected chi connectivity index (χ1v) is 6.25. The molecule has 0 saturated carbocycles. The number of nitrogens with one attached hydrogen (secondary N) is 1. The average molecular weight is 300 g/mol. The lowest BCUT2D eigenvalue weighted by atomic mass is 10.1. The van der Waals surface area contributed by atoms with Crippen LogP contribution in [0.4, 0.5) is 0 Å². The Bertz CT molecular complexity index is 446. The summed E-state index contributed by atoms with van der Waals surface area (Å²) < 4.78 is 0. The maximum Gasteiger partial charge on any atom is 0.253 e. The molecule has 0 radical (unpaired) electrons. The fraction of sp³-hybridized carbons (Fsp3) is 0.429. The first kappa shape index (κ1) is 18.4. The fourth-order valence-corrected chi connectivity index (χ4v) is 1.47. The Morgan fingerprint density at radius 2 is 1.70 bits per heavy atom. The molecule has 0 bridgehead atoms. The Balaban J connectivity index is 0.00000361. The molecule has 0 saturated heterocycles. The number of carbonyl (C=O) groups excluding carboxylic acids is 2. The highest BCUT2D eigenvalue weighted by Crippen LogP contribution is 2.06. The molecule has 0 aromatic heterocycles. The number of nitrogens with zero attached hydrogens (tertiary/aromatic N) is 1. The maximum atomic E-state index is 11.8. The minimum Gasteiger partial charge on any atom is -0.352 e. The van der Waals surface area contributed by atoms with Crippen LogP contribution in [0.25, 0.3) is 0 Å². The van der Waals surface area contributed by atoms with Gasteiger partial charge >= 0.3 is 0 Å². The minimum absolute atomic E-state index is 0. The Kier molecular flexibility index (Phi) is 7.87. The van der Waals surface area contributed by atoms with Crippen LogP contribution in [0.5, 0.6) is 0 Å². The van der Waals surface area contributed by atoms with Crippen LogP contribution in [0.15, 0.2) is 24.3 Å². The van der Waals surface area contributed by atoms with Crippen LogP contribution in [-0.2, 0) is 0 Å². The summed E-state index contributed by atoms with van der Waals surface area (Å²) in [5, 5.41) is 2.81. The number of hydrogen-bond donors (Lipinski definition) is 2. The number of carbonyl (C=O) groups is 2. The van der Waals surface area contributed by atoms with Gasteiger partial charge in [0.1, 0.15) is 0 Å². The normalized spacial score (nSPS) is 11.2. The second-order valence-corrected chi connectivity index (χ2v) is 4.83. The quantitative estimate of drug-likeness (QED) is 0.856. The molecule has 1 rings (SSSR count). The van der Waals surface area contributed by atoms with E-state index in [-0.39, 0.29) is 30.1 Å². The predicted octanol–water partition coefficient (Wildman–Crippen LogP) is 1.13. The highest BCUT2D eigenvalue weighted by Gasteiger charge is 2.10. The van der Waals surface area contributed by atoms with Gasteiger partial charge < -0.3 is 16.0 Å². The van der Waals surface area contributed by atoms with E-state index in [1.54, 1.807) is 38.4 Å². The van der Waals surface area contributed by atoms with Gasteiger partial charge in [-0.1, -0.05) is 6.92 Å². The van der Waals surface area contributed by atoms with Crippen LogP contribution in [0.3, 0.4) is 0 Å². The van der Waals surface area contributed by atoms with Crippen LogP contribution >= 0.6 is 12.4 Å². The number of benzene rings is 1. The van der Waals surface area contributed by atoms with Crippen molar-refractivity contribution in [3.8, 4) is 0 Å². The van der Waals surface area contributed by atoms with Gasteiger partial charge in [0.05, 0.1) is 0 Å². The van der Waals surface area contributed by atoms with Crippen LogP contribution in [0.2, 0.25) is 0 Å². The zero-order valence-electron chi connectivity index (χ0n) is 12.1. The van der Waals surface area contributed by atoms with Gasteiger partial charge in [-0.15, -0.1) is 12.4 Å². The van der Waals surface area contributed by atoms with E-state index >= 15 is 0 Å². The van der Waals surface area contributed by atoms with E-state index in [4.69, 9.17) is 5.73 Å². The zero-order chi connectivity index (χ0) is 14.4. The first-order valence-electron chi connectivity index (χ1n) is 6.25.